The Morgan fingerprint density at radius 2 is 1.81 bits per heavy atom. The summed E-state index contributed by atoms with van der Waals surface area (Å²) in [6.45, 7) is 5.05. The molecule has 0 atom stereocenters. The quantitative estimate of drug-likeness (QED) is 0.527. The molecule has 1 heterocycles. The molecule has 0 aliphatic carbocycles. The monoisotopic (exact) mass is 356 g/mol. The highest BCUT2D eigenvalue weighted by Crippen LogP contribution is 2.12. The van der Waals surface area contributed by atoms with Gasteiger partial charge in [0.2, 0.25) is 0 Å². The molecule has 2 rings (SSSR count). The van der Waals surface area contributed by atoms with Gasteiger partial charge in [-0.1, -0.05) is 19.8 Å². The van der Waals surface area contributed by atoms with E-state index in [1.807, 2.05) is 0 Å². The van der Waals surface area contributed by atoms with Crippen LogP contribution in [0.3, 0.4) is 0 Å². The Labute approximate surface area is 153 Å². The van der Waals surface area contributed by atoms with E-state index in [1.165, 1.54) is 6.20 Å². The summed E-state index contributed by atoms with van der Waals surface area (Å²) in [5, 5.41) is 5.90. The van der Waals surface area contributed by atoms with Crippen LogP contribution in [0.1, 0.15) is 54.0 Å². The first-order chi connectivity index (χ1) is 12.6. The molecule has 0 aliphatic heterocycles. The van der Waals surface area contributed by atoms with E-state index in [9.17, 15) is 9.59 Å². The lowest BCUT2D eigenvalue weighted by Crippen LogP contribution is -2.15. The number of amides is 1. The van der Waals surface area contributed by atoms with Crippen molar-refractivity contribution in [3.05, 3.63) is 47.9 Å². The molecule has 0 bridgehead atoms. The molecule has 1 aromatic heterocycles. The number of carbonyl (C=O) groups is 2. The van der Waals surface area contributed by atoms with Gasteiger partial charge in [0.05, 0.1) is 24.6 Å². The lowest BCUT2D eigenvalue weighted by Gasteiger charge is -2.07. The summed E-state index contributed by atoms with van der Waals surface area (Å²) in [5.74, 6) is -0.103. The number of anilines is 2. The Bertz CT molecular complexity index is 715. The Kier molecular flexibility index (Phi) is 7.54. The molecule has 0 saturated heterocycles. The number of esters is 1. The topological polar surface area (TPSA) is 93.2 Å². The zero-order valence-corrected chi connectivity index (χ0v) is 15.1. The average molecular weight is 356 g/mol. The molecular weight excluding hydrogens is 332 g/mol. The summed E-state index contributed by atoms with van der Waals surface area (Å²) in [7, 11) is 0. The molecule has 0 aliphatic rings. The van der Waals surface area contributed by atoms with Crippen LogP contribution >= 0.6 is 0 Å². The van der Waals surface area contributed by atoms with E-state index >= 15 is 0 Å². The molecule has 138 valence electrons. The second-order valence-corrected chi connectivity index (χ2v) is 5.67. The standard InChI is InChI=1S/C19H24N4O3/c1-3-5-6-11-20-17-13-21-16(12-22-17)18(24)23-15-9-7-14(8-10-15)19(25)26-4-2/h7-10,12-13H,3-6,11H2,1-2H3,(H,20,22)(H,23,24). The highest BCUT2D eigenvalue weighted by Gasteiger charge is 2.10. The number of rotatable bonds is 9. The average Bonchev–Trinajstić information content (AvgIpc) is 2.66. The molecule has 2 N–H and O–H groups in total. The summed E-state index contributed by atoms with van der Waals surface area (Å²) < 4.78 is 4.92. The number of benzene rings is 1. The summed E-state index contributed by atoms with van der Waals surface area (Å²) in [5.41, 5.74) is 1.22. The van der Waals surface area contributed by atoms with Gasteiger partial charge in [0, 0.05) is 12.2 Å². The number of carbonyl (C=O) groups excluding carboxylic acids is 2. The Hall–Kier alpha value is -2.96. The third kappa shape index (κ3) is 5.84. The highest BCUT2D eigenvalue weighted by molar-refractivity contribution is 6.03. The molecule has 2 aromatic rings. The first kappa shape index (κ1) is 19.4. The van der Waals surface area contributed by atoms with E-state index in [0.29, 0.717) is 23.7 Å². The Morgan fingerprint density at radius 1 is 1.04 bits per heavy atom. The molecule has 0 radical (unpaired) electrons. The predicted octanol–water partition coefficient (Wildman–Crippen LogP) is 3.51. The molecular formula is C19H24N4O3. The summed E-state index contributed by atoms with van der Waals surface area (Å²) >= 11 is 0. The molecule has 1 aromatic carbocycles. The van der Waals surface area contributed by atoms with Crippen LogP contribution in [-0.2, 0) is 4.74 Å². The third-order valence-electron chi connectivity index (χ3n) is 3.62. The van der Waals surface area contributed by atoms with Crippen LogP contribution in [0.2, 0.25) is 0 Å². The number of hydrogen-bond donors (Lipinski definition) is 2. The summed E-state index contributed by atoms with van der Waals surface area (Å²) in [6, 6.07) is 6.48. The molecule has 0 spiro atoms. The number of hydrogen-bond acceptors (Lipinski definition) is 6. The van der Waals surface area contributed by atoms with Gasteiger partial charge in [0.1, 0.15) is 11.5 Å². The van der Waals surface area contributed by atoms with Crippen LogP contribution in [0, 0.1) is 0 Å². The molecule has 0 fully saturated rings. The number of unbranched alkanes of at least 4 members (excludes halogenated alkanes) is 2. The van der Waals surface area contributed by atoms with Crippen molar-refractivity contribution in [3.63, 3.8) is 0 Å². The van der Waals surface area contributed by atoms with Crippen LogP contribution in [0.15, 0.2) is 36.7 Å². The minimum absolute atomic E-state index is 0.221. The predicted molar refractivity (Wildman–Crippen MR) is 100 cm³/mol. The fourth-order valence-corrected chi connectivity index (χ4v) is 2.23. The Balaban J connectivity index is 1.89. The molecule has 1 amide bonds. The first-order valence-electron chi connectivity index (χ1n) is 8.78. The highest BCUT2D eigenvalue weighted by atomic mass is 16.5. The molecule has 0 unspecified atom stereocenters. The maximum atomic E-state index is 12.2. The van der Waals surface area contributed by atoms with Crippen molar-refractivity contribution in [1.82, 2.24) is 9.97 Å². The van der Waals surface area contributed by atoms with E-state index in [-0.39, 0.29) is 11.6 Å². The van der Waals surface area contributed by atoms with Crippen molar-refractivity contribution in [3.8, 4) is 0 Å². The maximum Gasteiger partial charge on any atom is 0.338 e. The minimum Gasteiger partial charge on any atom is -0.462 e. The van der Waals surface area contributed by atoms with Crippen molar-refractivity contribution < 1.29 is 14.3 Å². The maximum absolute atomic E-state index is 12.2. The van der Waals surface area contributed by atoms with Crippen molar-refractivity contribution in [2.45, 2.75) is 33.1 Å². The SMILES string of the molecule is CCCCCNc1cnc(C(=O)Nc2ccc(C(=O)OCC)cc2)cn1. The van der Waals surface area contributed by atoms with Gasteiger partial charge in [-0.15, -0.1) is 0 Å². The van der Waals surface area contributed by atoms with Crippen molar-refractivity contribution in [1.29, 1.82) is 0 Å². The smallest absolute Gasteiger partial charge is 0.338 e. The molecule has 7 nitrogen and oxygen atoms in total. The van der Waals surface area contributed by atoms with Gasteiger partial charge >= 0.3 is 5.97 Å². The van der Waals surface area contributed by atoms with E-state index < -0.39 is 5.97 Å². The van der Waals surface area contributed by atoms with E-state index in [1.54, 1.807) is 37.4 Å². The van der Waals surface area contributed by atoms with Crippen LogP contribution in [0.25, 0.3) is 0 Å². The van der Waals surface area contributed by atoms with Gasteiger partial charge in [0.15, 0.2) is 0 Å². The van der Waals surface area contributed by atoms with E-state index in [0.717, 1.165) is 25.8 Å². The zero-order valence-electron chi connectivity index (χ0n) is 15.1. The molecule has 7 heteroatoms. The van der Waals surface area contributed by atoms with Gasteiger partial charge in [-0.3, -0.25) is 4.79 Å². The van der Waals surface area contributed by atoms with Crippen molar-refractivity contribution in [2.75, 3.05) is 23.8 Å². The van der Waals surface area contributed by atoms with Crippen molar-refractivity contribution in [2.24, 2.45) is 0 Å². The number of nitrogens with one attached hydrogen (secondary N) is 2. The summed E-state index contributed by atoms with van der Waals surface area (Å²) in [4.78, 5) is 32.2. The van der Waals surface area contributed by atoms with E-state index in [2.05, 4.69) is 27.5 Å². The normalized spacial score (nSPS) is 10.2. The van der Waals surface area contributed by atoms with Gasteiger partial charge in [0.25, 0.3) is 5.91 Å². The fourth-order valence-electron chi connectivity index (χ4n) is 2.23. The van der Waals surface area contributed by atoms with Crippen LogP contribution in [0.5, 0.6) is 0 Å². The fraction of sp³-hybridized carbons (Fsp3) is 0.368. The lowest BCUT2D eigenvalue weighted by molar-refractivity contribution is 0.0526. The zero-order chi connectivity index (χ0) is 18.8. The van der Waals surface area contributed by atoms with Crippen LogP contribution in [0.4, 0.5) is 11.5 Å². The van der Waals surface area contributed by atoms with Gasteiger partial charge < -0.3 is 15.4 Å². The number of nitrogens with zero attached hydrogens (tertiary/aromatic N) is 2. The lowest BCUT2D eigenvalue weighted by atomic mass is 10.2. The van der Waals surface area contributed by atoms with Gasteiger partial charge in [-0.05, 0) is 37.6 Å². The van der Waals surface area contributed by atoms with Gasteiger partial charge in [-0.2, -0.15) is 0 Å². The van der Waals surface area contributed by atoms with Crippen LogP contribution in [-0.4, -0.2) is 35.0 Å². The van der Waals surface area contributed by atoms with Crippen LogP contribution < -0.4 is 10.6 Å². The minimum atomic E-state index is -0.390. The number of aromatic nitrogens is 2. The van der Waals surface area contributed by atoms with Gasteiger partial charge in [-0.25, -0.2) is 14.8 Å². The second-order valence-electron chi connectivity index (χ2n) is 5.67. The molecule has 0 saturated carbocycles. The third-order valence-corrected chi connectivity index (χ3v) is 3.62. The largest absolute Gasteiger partial charge is 0.462 e. The number of ether oxygens (including phenoxy) is 1. The first-order valence-corrected chi connectivity index (χ1v) is 8.78. The van der Waals surface area contributed by atoms with E-state index in [4.69, 9.17) is 4.74 Å². The molecule has 26 heavy (non-hydrogen) atoms. The Morgan fingerprint density at radius 3 is 2.42 bits per heavy atom. The second kappa shape index (κ2) is 10.1. The van der Waals surface area contributed by atoms with Crippen molar-refractivity contribution >= 4 is 23.4 Å². The summed E-state index contributed by atoms with van der Waals surface area (Å²) in [6.07, 6.45) is 6.38.